The van der Waals surface area contributed by atoms with Crippen molar-refractivity contribution in [3.05, 3.63) is 58.0 Å². The molecule has 1 fully saturated rings. The lowest BCUT2D eigenvalue weighted by atomic mass is 9.86. The first-order valence-corrected chi connectivity index (χ1v) is 27.1. The number of nitrogens with zero attached hydrogens (tertiary/aromatic N) is 2. The molecule has 2 aliphatic rings. The van der Waals surface area contributed by atoms with Crippen LogP contribution in [0, 0.1) is 23.5 Å². The average Bonchev–Trinajstić information content (AvgIpc) is 4.24. The zero-order chi connectivity index (χ0) is 56.6. The van der Waals surface area contributed by atoms with Crippen LogP contribution in [-0.2, 0) is 70.3 Å². The SMILES string of the molecule is CC/C=C\C(CCC)C1CC(=O)N(CC(=O)NC[C@H](C)OC(=O)CCC(=O)c2cc3c(F)c(OCCCOc4c(OC)cc5c(c4F)CN(C(=O)CCC(=O)OCCOCCOCCOCCOC)C5)c(OC)cc3s2)C1=O. The van der Waals surface area contributed by atoms with E-state index in [4.69, 9.17) is 47.4 Å². The lowest BCUT2D eigenvalue weighted by Gasteiger charge is -2.19. The maximum absolute atomic E-state index is 16.0. The molecule has 1 N–H and O–H groups in total. The molecule has 0 spiro atoms. The minimum absolute atomic E-state index is 0.0134. The van der Waals surface area contributed by atoms with E-state index in [9.17, 15) is 33.6 Å². The Labute approximate surface area is 457 Å². The van der Waals surface area contributed by atoms with E-state index in [1.165, 1.54) is 31.3 Å². The molecule has 0 radical (unpaired) electrons. The summed E-state index contributed by atoms with van der Waals surface area (Å²) >= 11 is 1.01. The van der Waals surface area contributed by atoms with E-state index >= 15 is 8.78 Å². The Morgan fingerprint density at radius 1 is 0.782 bits per heavy atom. The molecular formula is C55H73F2N3O17S. The van der Waals surface area contributed by atoms with Gasteiger partial charge in [-0.15, -0.1) is 11.3 Å². The number of thiophene rings is 1. The topological polar surface area (TPSA) is 230 Å². The van der Waals surface area contributed by atoms with Gasteiger partial charge < -0.3 is 57.6 Å². The van der Waals surface area contributed by atoms with Crippen molar-refractivity contribution in [2.24, 2.45) is 11.8 Å². The number of methoxy groups -OCH3 is 3. The number of amides is 4. The number of carbonyl (C=O) groups is 7. The highest BCUT2D eigenvalue weighted by molar-refractivity contribution is 7.20. The maximum atomic E-state index is 16.0. The second kappa shape index (κ2) is 32.6. The van der Waals surface area contributed by atoms with Crippen LogP contribution in [0.1, 0.15) is 99.4 Å². The summed E-state index contributed by atoms with van der Waals surface area (Å²) in [5, 5.41) is 2.69. The molecule has 23 heteroatoms. The smallest absolute Gasteiger partial charge is 0.306 e. The summed E-state index contributed by atoms with van der Waals surface area (Å²) < 4.78 is 86.3. The molecule has 0 saturated carbocycles. The number of carbonyl (C=O) groups excluding carboxylic acids is 7. The molecule has 2 unspecified atom stereocenters. The molecule has 1 aromatic heterocycles. The van der Waals surface area contributed by atoms with Gasteiger partial charge in [-0.1, -0.05) is 32.4 Å². The maximum Gasteiger partial charge on any atom is 0.306 e. The Morgan fingerprint density at radius 2 is 1.42 bits per heavy atom. The van der Waals surface area contributed by atoms with Crippen molar-refractivity contribution in [1.82, 2.24) is 15.1 Å². The highest BCUT2D eigenvalue weighted by atomic mass is 32.1. The molecule has 3 atom stereocenters. The number of allylic oxidation sites excluding steroid dienone is 2. The number of hydrogen-bond acceptors (Lipinski definition) is 18. The van der Waals surface area contributed by atoms with Crippen molar-refractivity contribution < 1.29 is 89.7 Å². The number of ether oxygens (including phenoxy) is 10. The zero-order valence-electron chi connectivity index (χ0n) is 45.4. The Balaban J connectivity index is 1.02. The highest BCUT2D eigenvalue weighted by Crippen LogP contribution is 2.42. The standard InChI is InChI=1S/C55H73F2N3O17S/c1-7-9-12-36(11-8-2)38-29-48(64)60(55(38)67)34-46(62)58-31-35(3)77-50(66)15-13-41(61)45-28-39-44(78-45)30-43(70-6)54(51(39)56)76-18-10-17-75-53-42(69-5)27-37-32-59(33-40(37)52(53)57)47(63)14-16-49(65)74-26-25-73-24-23-72-22-21-71-20-19-68-4/h9,12,27-28,30,35-36,38H,7-8,10-11,13-26,29,31-34H2,1-6H3,(H,58,62)/b12-9-/t35-,36?,38?/m0/s1. The Hall–Kier alpha value is -6.27. The van der Waals surface area contributed by atoms with Crippen LogP contribution in [0.3, 0.4) is 0 Å². The largest absolute Gasteiger partial charge is 0.493 e. The van der Waals surface area contributed by atoms with Gasteiger partial charge in [-0.3, -0.25) is 38.5 Å². The minimum Gasteiger partial charge on any atom is -0.493 e. The molecule has 1 saturated heterocycles. The molecule has 78 heavy (non-hydrogen) atoms. The number of likely N-dealkylation sites (tertiary alicyclic amines) is 1. The van der Waals surface area contributed by atoms with Crippen molar-refractivity contribution in [2.75, 3.05) is 100 Å². The van der Waals surface area contributed by atoms with Crippen molar-refractivity contribution in [2.45, 2.75) is 97.8 Å². The number of hydrogen-bond donors (Lipinski definition) is 1. The molecule has 430 valence electrons. The van der Waals surface area contributed by atoms with Crippen LogP contribution >= 0.6 is 11.3 Å². The van der Waals surface area contributed by atoms with Crippen molar-refractivity contribution >= 4 is 62.8 Å². The molecule has 2 aromatic carbocycles. The number of imide groups is 1. The van der Waals surface area contributed by atoms with Crippen LogP contribution in [0.15, 0.2) is 30.4 Å². The van der Waals surface area contributed by atoms with Crippen molar-refractivity contribution in [3.63, 3.8) is 0 Å². The first-order chi connectivity index (χ1) is 37.6. The summed E-state index contributed by atoms with van der Waals surface area (Å²) in [6.45, 7) is 7.62. The van der Waals surface area contributed by atoms with Crippen LogP contribution in [0.5, 0.6) is 23.0 Å². The molecule has 3 heterocycles. The van der Waals surface area contributed by atoms with Crippen LogP contribution < -0.4 is 24.3 Å². The van der Waals surface area contributed by atoms with Gasteiger partial charge in [0.15, 0.2) is 40.4 Å². The quantitative estimate of drug-likeness (QED) is 0.0209. The number of nitrogens with one attached hydrogen (secondary N) is 1. The van der Waals surface area contributed by atoms with E-state index in [1.807, 2.05) is 26.0 Å². The van der Waals surface area contributed by atoms with Gasteiger partial charge in [0.05, 0.1) is 104 Å². The summed E-state index contributed by atoms with van der Waals surface area (Å²) in [6.07, 6.45) is 4.93. The number of benzene rings is 2. The van der Waals surface area contributed by atoms with E-state index in [-0.39, 0.29) is 141 Å². The van der Waals surface area contributed by atoms with Gasteiger partial charge in [-0.25, -0.2) is 8.78 Å². The monoisotopic (exact) mass is 1120 g/mol. The van der Waals surface area contributed by atoms with E-state index in [1.54, 1.807) is 20.1 Å². The molecular weight excluding hydrogens is 1040 g/mol. The molecule has 5 rings (SSSR count). The fourth-order valence-electron chi connectivity index (χ4n) is 8.60. The number of ketones is 1. The molecule has 2 aliphatic heterocycles. The van der Waals surface area contributed by atoms with Crippen molar-refractivity contribution in [1.29, 1.82) is 0 Å². The fourth-order valence-corrected chi connectivity index (χ4v) is 9.65. The van der Waals surface area contributed by atoms with Gasteiger partial charge in [0.25, 0.3) is 0 Å². The minimum atomic E-state index is -0.788. The predicted octanol–water partition coefficient (Wildman–Crippen LogP) is 6.67. The summed E-state index contributed by atoms with van der Waals surface area (Å²) in [5.74, 6) is -5.72. The van der Waals surface area contributed by atoms with Gasteiger partial charge in [-0.05, 0) is 43.4 Å². The molecule has 0 bridgehead atoms. The van der Waals surface area contributed by atoms with Gasteiger partial charge in [-0.2, -0.15) is 0 Å². The van der Waals surface area contributed by atoms with Crippen LogP contribution in [0.25, 0.3) is 10.1 Å². The Bertz CT molecular complexity index is 2560. The van der Waals surface area contributed by atoms with Crippen LogP contribution in [0.2, 0.25) is 0 Å². The van der Waals surface area contributed by atoms with E-state index in [0.29, 0.717) is 49.9 Å². The summed E-state index contributed by atoms with van der Waals surface area (Å²) in [4.78, 5) is 92.4. The van der Waals surface area contributed by atoms with Gasteiger partial charge >= 0.3 is 11.9 Å². The number of esters is 2. The van der Waals surface area contributed by atoms with Gasteiger partial charge in [0.2, 0.25) is 23.6 Å². The Kier molecular flexibility index (Phi) is 26.1. The first kappa shape index (κ1) is 62.6. The van der Waals surface area contributed by atoms with E-state index in [2.05, 4.69) is 5.32 Å². The molecule has 3 aromatic rings. The Morgan fingerprint density at radius 3 is 2.08 bits per heavy atom. The third-order valence-electron chi connectivity index (χ3n) is 12.6. The number of halogens is 2. The van der Waals surface area contributed by atoms with Crippen LogP contribution in [-0.4, -0.2) is 158 Å². The van der Waals surface area contributed by atoms with E-state index < -0.39 is 59.7 Å². The second-order valence-corrected chi connectivity index (χ2v) is 19.5. The van der Waals surface area contributed by atoms with Crippen molar-refractivity contribution in [3.8, 4) is 23.0 Å². The predicted molar refractivity (Wildman–Crippen MR) is 280 cm³/mol. The number of fused-ring (bicyclic) bond motifs is 2. The lowest BCUT2D eigenvalue weighted by Crippen LogP contribution is -2.43. The first-order valence-electron chi connectivity index (χ1n) is 26.2. The highest BCUT2D eigenvalue weighted by Gasteiger charge is 2.42. The van der Waals surface area contributed by atoms with Gasteiger partial charge in [0, 0.05) is 67.6 Å². The zero-order valence-corrected chi connectivity index (χ0v) is 46.2. The molecule has 20 nitrogen and oxygen atoms in total. The summed E-state index contributed by atoms with van der Waals surface area (Å²) in [7, 11) is 4.29. The number of rotatable bonds is 37. The van der Waals surface area contributed by atoms with Crippen LogP contribution in [0.4, 0.5) is 8.78 Å². The number of Topliss-reactive ketones (excluding diaryl/α,β-unsaturated/α-hetero) is 1. The van der Waals surface area contributed by atoms with Gasteiger partial charge in [0.1, 0.15) is 19.3 Å². The molecule has 0 aliphatic carbocycles. The summed E-state index contributed by atoms with van der Waals surface area (Å²) in [5.41, 5.74) is 0.775. The summed E-state index contributed by atoms with van der Waals surface area (Å²) in [6, 6.07) is 4.50. The molecule has 4 amide bonds. The average molecular weight is 1120 g/mol. The third-order valence-corrected chi connectivity index (χ3v) is 13.8. The van der Waals surface area contributed by atoms with E-state index in [0.717, 1.165) is 35.5 Å². The normalized spacial score (nSPS) is 14.9. The fraction of sp³-hybridized carbons (Fsp3) is 0.582. The lowest BCUT2D eigenvalue weighted by molar-refractivity contribution is -0.148. The third kappa shape index (κ3) is 18.4. The second-order valence-electron chi connectivity index (χ2n) is 18.4.